The summed E-state index contributed by atoms with van der Waals surface area (Å²) in [5.74, 6) is 0. The molecule has 0 saturated heterocycles. The van der Waals surface area contributed by atoms with Crippen LogP contribution in [0, 0.1) is 0 Å². The van der Waals surface area contributed by atoms with E-state index in [0.29, 0.717) is 6.04 Å². The smallest absolute Gasteiger partial charge is 0.0492 e. The number of hydrazone groups is 1. The Morgan fingerprint density at radius 2 is 1.64 bits per heavy atom. The van der Waals surface area contributed by atoms with Crippen LogP contribution in [0.4, 0.5) is 0 Å². The summed E-state index contributed by atoms with van der Waals surface area (Å²) in [6, 6.07) is 0.671. The van der Waals surface area contributed by atoms with Crippen LogP contribution in [0.1, 0.15) is 64.2 Å². The van der Waals surface area contributed by atoms with E-state index in [4.69, 9.17) is 0 Å². The highest BCUT2D eigenvalue weighted by Gasteiger charge is 2.17. The first-order chi connectivity index (χ1) is 6.95. The predicted octanol–water partition coefficient (Wildman–Crippen LogP) is 3.23. The van der Waals surface area contributed by atoms with E-state index in [1.165, 1.54) is 69.9 Å². The summed E-state index contributed by atoms with van der Waals surface area (Å²) >= 11 is 0. The first kappa shape index (κ1) is 10.0. The largest absolute Gasteiger partial charge is 0.307 e. The SMILES string of the molecule is C1CCCCC2=NNC(CCCC1)C2. The third-order valence-corrected chi connectivity index (χ3v) is 3.41. The Kier molecular flexibility index (Phi) is 3.84. The van der Waals surface area contributed by atoms with Gasteiger partial charge in [0, 0.05) is 18.2 Å². The summed E-state index contributed by atoms with van der Waals surface area (Å²) in [5.41, 5.74) is 4.71. The van der Waals surface area contributed by atoms with E-state index in [9.17, 15) is 0 Å². The normalized spacial score (nSPS) is 29.7. The van der Waals surface area contributed by atoms with E-state index in [1.807, 2.05) is 0 Å². The van der Waals surface area contributed by atoms with Gasteiger partial charge < -0.3 is 5.43 Å². The monoisotopic (exact) mass is 194 g/mol. The zero-order valence-electron chi connectivity index (χ0n) is 9.10. The summed E-state index contributed by atoms with van der Waals surface area (Å²) in [6.07, 6.45) is 13.7. The van der Waals surface area contributed by atoms with Crippen LogP contribution in [-0.4, -0.2) is 11.8 Å². The van der Waals surface area contributed by atoms with E-state index in [-0.39, 0.29) is 0 Å². The highest BCUT2D eigenvalue weighted by Crippen LogP contribution is 2.18. The topological polar surface area (TPSA) is 24.4 Å². The number of hydrogen-bond donors (Lipinski definition) is 1. The van der Waals surface area contributed by atoms with E-state index >= 15 is 0 Å². The van der Waals surface area contributed by atoms with Gasteiger partial charge in [0.05, 0.1) is 0 Å². The molecule has 1 N–H and O–H groups in total. The number of nitrogens with one attached hydrogen (secondary N) is 1. The lowest BCUT2D eigenvalue weighted by Gasteiger charge is -2.10. The van der Waals surface area contributed by atoms with E-state index in [0.717, 1.165) is 0 Å². The van der Waals surface area contributed by atoms with Gasteiger partial charge in [0.2, 0.25) is 0 Å². The molecule has 1 aliphatic heterocycles. The van der Waals surface area contributed by atoms with Gasteiger partial charge in [-0.3, -0.25) is 0 Å². The van der Waals surface area contributed by atoms with E-state index in [1.54, 1.807) is 0 Å². The molecule has 0 spiro atoms. The van der Waals surface area contributed by atoms with Crippen LogP contribution in [-0.2, 0) is 0 Å². The number of nitrogens with zero attached hydrogens (tertiary/aromatic N) is 1. The van der Waals surface area contributed by atoms with Gasteiger partial charge in [-0.1, -0.05) is 38.5 Å². The summed E-state index contributed by atoms with van der Waals surface area (Å²) in [6.45, 7) is 0. The van der Waals surface area contributed by atoms with Crippen molar-refractivity contribution in [2.45, 2.75) is 70.3 Å². The maximum atomic E-state index is 4.43. The van der Waals surface area contributed by atoms with Gasteiger partial charge in [0.1, 0.15) is 0 Å². The molecule has 1 aliphatic carbocycles. The number of rotatable bonds is 0. The second kappa shape index (κ2) is 5.38. The van der Waals surface area contributed by atoms with Crippen molar-refractivity contribution >= 4 is 5.71 Å². The average molecular weight is 194 g/mol. The summed E-state index contributed by atoms with van der Waals surface area (Å²) in [7, 11) is 0. The van der Waals surface area contributed by atoms with Crippen molar-refractivity contribution in [3.05, 3.63) is 0 Å². The predicted molar refractivity (Wildman–Crippen MR) is 60.5 cm³/mol. The summed E-state index contributed by atoms with van der Waals surface area (Å²) < 4.78 is 0. The molecule has 14 heavy (non-hydrogen) atoms. The first-order valence-corrected chi connectivity index (χ1v) is 6.26. The fourth-order valence-electron chi connectivity index (χ4n) is 2.49. The minimum Gasteiger partial charge on any atom is -0.307 e. The first-order valence-electron chi connectivity index (χ1n) is 6.26. The highest BCUT2D eigenvalue weighted by atomic mass is 15.3. The third kappa shape index (κ3) is 3.00. The van der Waals surface area contributed by atoms with Crippen molar-refractivity contribution in [1.82, 2.24) is 5.43 Å². The van der Waals surface area contributed by atoms with Gasteiger partial charge >= 0.3 is 0 Å². The molecule has 1 unspecified atom stereocenters. The van der Waals surface area contributed by atoms with Gasteiger partial charge in [-0.05, 0) is 19.3 Å². The van der Waals surface area contributed by atoms with Crippen LogP contribution in [0.5, 0.6) is 0 Å². The van der Waals surface area contributed by atoms with Crippen molar-refractivity contribution in [2.24, 2.45) is 5.10 Å². The van der Waals surface area contributed by atoms with Gasteiger partial charge in [0.25, 0.3) is 0 Å². The second-order valence-corrected chi connectivity index (χ2v) is 4.72. The molecule has 1 fully saturated rings. The summed E-state index contributed by atoms with van der Waals surface area (Å²) in [5, 5.41) is 4.43. The number of fused-ring (bicyclic) bond motifs is 2. The van der Waals surface area contributed by atoms with Crippen LogP contribution in [0.3, 0.4) is 0 Å². The lowest BCUT2D eigenvalue weighted by Crippen LogP contribution is -2.19. The van der Waals surface area contributed by atoms with Gasteiger partial charge in [-0.15, -0.1) is 0 Å². The van der Waals surface area contributed by atoms with Crippen LogP contribution in [0.2, 0.25) is 0 Å². The Labute approximate surface area is 87.2 Å². The molecule has 1 atom stereocenters. The van der Waals surface area contributed by atoms with Crippen molar-refractivity contribution < 1.29 is 0 Å². The van der Waals surface area contributed by atoms with Crippen molar-refractivity contribution in [3.63, 3.8) is 0 Å². The highest BCUT2D eigenvalue weighted by molar-refractivity contribution is 5.86. The molecule has 0 aromatic heterocycles. The maximum absolute atomic E-state index is 4.43. The molecule has 2 nitrogen and oxygen atoms in total. The molecule has 2 aliphatic rings. The van der Waals surface area contributed by atoms with Crippen molar-refractivity contribution in [3.8, 4) is 0 Å². The molecule has 2 heteroatoms. The molecule has 0 radical (unpaired) electrons. The van der Waals surface area contributed by atoms with E-state index < -0.39 is 0 Å². The Morgan fingerprint density at radius 1 is 0.929 bits per heavy atom. The average Bonchev–Trinajstić information content (AvgIpc) is 2.61. The van der Waals surface area contributed by atoms with Crippen molar-refractivity contribution in [2.75, 3.05) is 0 Å². The molecular weight excluding hydrogens is 172 g/mol. The van der Waals surface area contributed by atoms with Crippen LogP contribution >= 0.6 is 0 Å². The zero-order valence-corrected chi connectivity index (χ0v) is 9.10. The fourth-order valence-corrected chi connectivity index (χ4v) is 2.49. The lowest BCUT2D eigenvalue weighted by atomic mass is 9.98. The summed E-state index contributed by atoms with van der Waals surface area (Å²) in [4.78, 5) is 0. The van der Waals surface area contributed by atoms with E-state index in [2.05, 4.69) is 10.5 Å². The second-order valence-electron chi connectivity index (χ2n) is 4.72. The molecule has 1 saturated carbocycles. The molecule has 2 rings (SSSR count). The Morgan fingerprint density at radius 3 is 2.50 bits per heavy atom. The Balaban J connectivity index is 1.79. The Hall–Kier alpha value is -0.530. The zero-order chi connectivity index (χ0) is 9.64. The van der Waals surface area contributed by atoms with Crippen LogP contribution in [0.15, 0.2) is 5.10 Å². The third-order valence-electron chi connectivity index (χ3n) is 3.41. The quantitative estimate of drug-likeness (QED) is 0.629. The van der Waals surface area contributed by atoms with Gasteiger partial charge in [-0.2, -0.15) is 5.10 Å². The molecule has 0 amide bonds. The number of hydrogen-bond acceptors (Lipinski definition) is 2. The minimum absolute atomic E-state index is 0.671. The van der Waals surface area contributed by atoms with Crippen LogP contribution in [0.25, 0.3) is 0 Å². The molecule has 0 aromatic rings. The Bertz CT molecular complexity index is 198. The van der Waals surface area contributed by atoms with Crippen LogP contribution < -0.4 is 5.43 Å². The molecule has 2 bridgehead atoms. The lowest BCUT2D eigenvalue weighted by molar-refractivity contribution is 0.490. The van der Waals surface area contributed by atoms with Gasteiger partial charge in [0.15, 0.2) is 0 Å². The van der Waals surface area contributed by atoms with Crippen molar-refractivity contribution in [1.29, 1.82) is 0 Å². The molecule has 0 aromatic carbocycles. The van der Waals surface area contributed by atoms with Gasteiger partial charge in [-0.25, -0.2) is 0 Å². The molecular formula is C12H22N2. The fraction of sp³-hybridized carbons (Fsp3) is 0.917. The molecule has 1 heterocycles. The minimum atomic E-state index is 0.671. The maximum Gasteiger partial charge on any atom is 0.0492 e. The standard InChI is InChI=1S/C12H22N2/c1-2-4-6-8-11-10-12(14-13-11)9-7-5-3-1/h11,13H,1-10H2. The molecule has 80 valence electrons.